The van der Waals surface area contributed by atoms with Crippen molar-refractivity contribution in [2.75, 3.05) is 32.8 Å². The van der Waals surface area contributed by atoms with Gasteiger partial charge in [0.05, 0.1) is 36.2 Å². The predicted octanol–water partition coefficient (Wildman–Crippen LogP) is 2.29. The lowest BCUT2D eigenvalue weighted by molar-refractivity contribution is 0.0336. The Morgan fingerprint density at radius 2 is 2.04 bits per heavy atom. The van der Waals surface area contributed by atoms with E-state index in [1.807, 2.05) is 17.0 Å². The molecule has 1 atom stereocenters. The van der Waals surface area contributed by atoms with E-state index in [0.29, 0.717) is 5.56 Å². The summed E-state index contributed by atoms with van der Waals surface area (Å²) in [6.07, 6.45) is 5.29. The maximum atomic E-state index is 12.9. The molecule has 2 fully saturated rings. The smallest absolute Gasteiger partial charge is 0.255 e. The molecule has 0 aromatic carbocycles. The number of rotatable bonds is 4. The van der Waals surface area contributed by atoms with Gasteiger partial charge in [-0.05, 0) is 37.1 Å². The van der Waals surface area contributed by atoms with E-state index < -0.39 is 0 Å². The number of hydrogen-bond acceptors (Lipinski definition) is 5. The van der Waals surface area contributed by atoms with Gasteiger partial charge >= 0.3 is 0 Å². The molecule has 4 rings (SSSR count). The summed E-state index contributed by atoms with van der Waals surface area (Å²) in [6.45, 7) is 5.07. The molecule has 2 aliphatic heterocycles. The second-order valence-electron chi connectivity index (χ2n) is 6.84. The number of likely N-dealkylation sites (tertiary alicyclic amines) is 1. The van der Waals surface area contributed by atoms with E-state index in [9.17, 15) is 4.79 Å². The first-order chi connectivity index (χ1) is 12.8. The monoisotopic (exact) mass is 352 g/mol. The van der Waals surface area contributed by atoms with Crippen molar-refractivity contribution < 1.29 is 9.53 Å². The molecule has 1 amide bonds. The summed E-state index contributed by atoms with van der Waals surface area (Å²) in [5.74, 6) is 0.0426. The topological polar surface area (TPSA) is 58.6 Å². The summed E-state index contributed by atoms with van der Waals surface area (Å²) in [5, 5.41) is 0. The molecule has 2 aromatic heterocycles. The van der Waals surface area contributed by atoms with Crippen LogP contribution in [0, 0.1) is 0 Å². The number of carbonyl (C=O) groups excluding carboxylic acids is 1. The average molecular weight is 352 g/mol. The van der Waals surface area contributed by atoms with Crippen molar-refractivity contribution in [2.24, 2.45) is 0 Å². The summed E-state index contributed by atoms with van der Waals surface area (Å²) in [5.41, 5.74) is 2.69. The molecule has 2 aliphatic rings. The highest BCUT2D eigenvalue weighted by Crippen LogP contribution is 2.32. The third kappa shape index (κ3) is 3.76. The van der Waals surface area contributed by atoms with Gasteiger partial charge in [-0.25, -0.2) is 0 Å². The molecule has 2 aromatic rings. The largest absolute Gasteiger partial charge is 0.379 e. The quantitative estimate of drug-likeness (QED) is 0.845. The van der Waals surface area contributed by atoms with Crippen LogP contribution in [0.5, 0.6) is 0 Å². The highest BCUT2D eigenvalue weighted by molar-refractivity contribution is 5.94. The van der Waals surface area contributed by atoms with E-state index in [-0.39, 0.29) is 11.9 Å². The van der Waals surface area contributed by atoms with Crippen LogP contribution in [0.3, 0.4) is 0 Å². The van der Waals surface area contributed by atoms with Crippen LogP contribution in [-0.4, -0.2) is 58.5 Å². The summed E-state index contributed by atoms with van der Waals surface area (Å²) in [7, 11) is 0. The molecule has 0 aliphatic carbocycles. The lowest BCUT2D eigenvalue weighted by Gasteiger charge is -2.27. The normalized spacial score (nSPS) is 21.1. The lowest BCUT2D eigenvalue weighted by atomic mass is 10.1. The van der Waals surface area contributed by atoms with Gasteiger partial charge < -0.3 is 9.64 Å². The number of pyridine rings is 2. The molecule has 0 spiro atoms. The van der Waals surface area contributed by atoms with E-state index in [4.69, 9.17) is 9.72 Å². The Morgan fingerprint density at radius 1 is 1.15 bits per heavy atom. The van der Waals surface area contributed by atoms with Gasteiger partial charge in [-0.15, -0.1) is 0 Å². The molecular weight excluding hydrogens is 328 g/mol. The molecule has 6 nitrogen and oxygen atoms in total. The van der Waals surface area contributed by atoms with E-state index in [1.165, 1.54) is 0 Å². The van der Waals surface area contributed by atoms with E-state index >= 15 is 0 Å². The van der Waals surface area contributed by atoms with Crippen molar-refractivity contribution in [3.8, 4) is 0 Å². The van der Waals surface area contributed by atoms with Crippen LogP contribution in [-0.2, 0) is 11.3 Å². The van der Waals surface area contributed by atoms with Crippen molar-refractivity contribution in [3.63, 3.8) is 0 Å². The number of nitrogens with zero attached hydrogens (tertiary/aromatic N) is 4. The van der Waals surface area contributed by atoms with Gasteiger partial charge in [0.2, 0.25) is 0 Å². The van der Waals surface area contributed by atoms with Gasteiger partial charge in [-0.3, -0.25) is 19.7 Å². The van der Waals surface area contributed by atoms with Crippen molar-refractivity contribution in [1.29, 1.82) is 0 Å². The lowest BCUT2D eigenvalue weighted by Crippen LogP contribution is -2.36. The van der Waals surface area contributed by atoms with Crippen LogP contribution in [0.4, 0.5) is 0 Å². The molecule has 0 radical (unpaired) electrons. The Morgan fingerprint density at radius 3 is 2.85 bits per heavy atom. The Balaban J connectivity index is 1.50. The second-order valence-corrected chi connectivity index (χ2v) is 6.84. The first-order valence-corrected chi connectivity index (χ1v) is 9.28. The number of aromatic nitrogens is 2. The summed E-state index contributed by atoms with van der Waals surface area (Å²) in [4.78, 5) is 26.1. The Labute approximate surface area is 153 Å². The Bertz CT molecular complexity index is 746. The van der Waals surface area contributed by atoms with Crippen molar-refractivity contribution in [1.82, 2.24) is 19.8 Å². The minimum absolute atomic E-state index is 0.0426. The van der Waals surface area contributed by atoms with Crippen LogP contribution < -0.4 is 0 Å². The van der Waals surface area contributed by atoms with Gasteiger partial charge in [0.15, 0.2) is 0 Å². The molecule has 0 unspecified atom stereocenters. The van der Waals surface area contributed by atoms with Crippen LogP contribution in [0.1, 0.15) is 40.6 Å². The van der Waals surface area contributed by atoms with Gasteiger partial charge in [-0.1, -0.05) is 6.07 Å². The zero-order valence-corrected chi connectivity index (χ0v) is 14.9. The average Bonchev–Trinajstić information content (AvgIpc) is 3.19. The van der Waals surface area contributed by atoms with Crippen LogP contribution in [0.15, 0.2) is 42.7 Å². The summed E-state index contributed by atoms with van der Waals surface area (Å²) in [6, 6.07) is 9.85. The Hall–Kier alpha value is -2.31. The molecule has 0 saturated carbocycles. The highest BCUT2D eigenvalue weighted by atomic mass is 16.5. The number of carbonyl (C=O) groups is 1. The first kappa shape index (κ1) is 17.1. The molecule has 0 bridgehead atoms. The van der Waals surface area contributed by atoms with Crippen LogP contribution in [0.25, 0.3) is 0 Å². The summed E-state index contributed by atoms with van der Waals surface area (Å²) < 4.78 is 5.41. The molecule has 6 heteroatoms. The number of ether oxygens (including phenoxy) is 1. The number of amides is 1. The standard InChI is InChI=1S/C20H24N4O2/c25-20(16-4-2-8-21-14-16)24-9-3-7-19(24)18-6-1-5-17(22-18)15-23-10-12-26-13-11-23/h1-2,4-6,8,14,19H,3,7,9-13,15H2/t19-/m0/s1. The fourth-order valence-corrected chi connectivity index (χ4v) is 3.73. The van der Waals surface area contributed by atoms with Crippen molar-refractivity contribution in [2.45, 2.75) is 25.4 Å². The zero-order valence-electron chi connectivity index (χ0n) is 14.9. The third-order valence-electron chi connectivity index (χ3n) is 5.08. The zero-order chi connectivity index (χ0) is 17.8. The molecule has 0 N–H and O–H groups in total. The molecular formula is C20H24N4O2. The highest BCUT2D eigenvalue weighted by Gasteiger charge is 2.31. The maximum absolute atomic E-state index is 12.9. The van der Waals surface area contributed by atoms with Crippen molar-refractivity contribution in [3.05, 3.63) is 59.7 Å². The van der Waals surface area contributed by atoms with Gasteiger partial charge in [0.1, 0.15) is 0 Å². The minimum Gasteiger partial charge on any atom is -0.379 e. The number of morpholine rings is 1. The third-order valence-corrected chi connectivity index (χ3v) is 5.08. The molecule has 4 heterocycles. The SMILES string of the molecule is O=C(c1cccnc1)N1CCC[C@H]1c1cccc(CN2CCOCC2)n1. The minimum atomic E-state index is 0.0426. The molecule has 136 valence electrons. The number of hydrogen-bond donors (Lipinski definition) is 0. The predicted molar refractivity (Wildman–Crippen MR) is 97.6 cm³/mol. The first-order valence-electron chi connectivity index (χ1n) is 9.28. The molecule has 2 saturated heterocycles. The van der Waals surface area contributed by atoms with Crippen molar-refractivity contribution >= 4 is 5.91 Å². The van der Waals surface area contributed by atoms with Crippen LogP contribution in [0.2, 0.25) is 0 Å². The summed E-state index contributed by atoms with van der Waals surface area (Å²) >= 11 is 0. The van der Waals surface area contributed by atoms with E-state index in [0.717, 1.165) is 63.6 Å². The fraction of sp³-hybridized carbons (Fsp3) is 0.450. The van der Waals surface area contributed by atoms with Gasteiger partial charge in [0, 0.05) is 38.6 Å². The van der Waals surface area contributed by atoms with Gasteiger partial charge in [0.25, 0.3) is 5.91 Å². The maximum Gasteiger partial charge on any atom is 0.255 e. The van der Waals surface area contributed by atoms with Crippen LogP contribution >= 0.6 is 0 Å². The van der Waals surface area contributed by atoms with Gasteiger partial charge in [-0.2, -0.15) is 0 Å². The fourth-order valence-electron chi connectivity index (χ4n) is 3.73. The molecule has 26 heavy (non-hydrogen) atoms. The Kier molecular flexibility index (Phi) is 5.22. The van der Waals surface area contributed by atoms with E-state index in [2.05, 4.69) is 22.0 Å². The second kappa shape index (κ2) is 7.93. The van der Waals surface area contributed by atoms with E-state index in [1.54, 1.807) is 18.5 Å².